The molecule has 1 aromatic carbocycles. The van der Waals surface area contributed by atoms with Crippen LogP contribution < -0.4 is 0 Å². The molecule has 1 aliphatic rings. The van der Waals surface area contributed by atoms with Crippen molar-refractivity contribution >= 4 is 21.6 Å². The number of sulfonamides is 1. The first-order valence-corrected chi connectivity index (χ1v) is 7.88. The van der Waals surface area contributed by atoms with Crippen LogP contribution in [0.3, 0.4) is 0 Å². The van der Waals surface area contributed by atoms with E-state index in [2.05, 4.69) is 0 Å². The number of rotatable bonds is 4. The van der Waals surface area contributed by atoms with Gasteiger partial charge in [-0.15, -0.1) is 11.6 Å². The Morgan fingerprint density at radius 1 is 1.18 bits per heavy atom. The fourth-order valence-electron chi connectivity index (χ4n) is 2.07. The SMILES string of the molecule is O=S(=O)(Cc1cccc(CCl)c1)N1CCCC1. The molecule has 1 saturated heterocycles. The molecule has 1 heterocycles. The van der Waals surface area contributed by atoms with Crippen LogP contribution in [0, 0.1) is 0 Å². The molecule has 1 fully saturated rings. The highest BCUT2D eigenvalue weighted by Crippen LogP contribution is 2.18. The van der Waals surface area contributed by atoms with E-state index in [0.29, 0.717) is 19.0 Å². The van der Waals surface area contributed by atoms with E-state index in [-0.39, 0.29) is 5.75 Å². The van der Waals surface area contributed by atoms with Gasteiger partial charge in [-0.25, -0.2) is 12.7 Å². The van der Waals surface area contributed by atoms with Crippen LogP contribution >= 0.6 is 11.6 Å². The minimum atomic E-state index is -3.15. The summed E-state index contributed by atoms with van der Waals surface area (Å²) in [6.45, 7) is 1.33. The van der Waals surface area contributed by atoms with Gasteiger partial charge in [0.15, 0.2) is 0 Å². The van der Waals surface area contributed by atoms with Crippen molar-refractivity contribution in [3.8, 4) is 0 Å². The first-order valence-electron chi connectivity index (χ1n) is 5.73. The molecule has 0 N–H and O–H groups in total. The van der Waals surface area contributed by atoms with Crippen molar-refractivity contribution in [1.29, 1.82) is 0 Å². The molecule has 2 rings (SSSR count). The molecule has 5 heteroatoms. The van der Waals surface area contributed by atoms with Crippen LogP contribution in [0.5, 0.6) is 0 Å². The molecule has 94 valence electrons. The summed E-state index contributed by atoms with van der Waals surface area (Å²) in [4.78, 5) is 0. The van der Waals surface area contributed by atoms with E-state index in [9.17, 15) is 8.42 Å². The molecule has 1 aliphatic heterocycles. The van der Waals surface area contributed by atoms with Crippen LogP contribution in [0.1, 0.15) is 24.0 Å². The molecule has 3 nitrogen and oxygen atoms in total. The third-order valence-electron chi connectivity index (χ3n) is 2.95. The summed E-state index contributed by atoms with van der Waals surface area (Å²) in [5.74, 6) is 0.495. The van der Waals surface area contributed by atoms with Crippen molar-refractivity contribution in [1.82, 2.24) is 4.31 Å². The van der Waals surface area contributed by atoms with E-state index in [1.165, 1.54) is 0 Å². The van der Waals surface area contributed by atoms with Crippen LogP contribution in [0.15, 0.2) is 24.3 Å². The topological polar surface area (TPSA) is 37.4 Å². The summed E-state index contributed by atoms with van der Waals surface area (Å²) in [5, 5.41) is 0. The van der Waals surface area contributed by atoms with Crippen molar-refractivity contribution in [3.63, 3.8) is 0 Å². The zero-order valence-corrected chi connectivity index (χ0v) is 11.2. The first kappa shape index (κ1) is 12.9. The lowest BCUT2D eigenvalue weighted by molar-refractivity contribution is 0.476. The summed E-state index contributed by atoms with van der Waals surface area (Å²) in [6, 6.07) is 7.45. The molecule has 0 aromatic heterocycles. The first-order chi connectivity index (χ1) is 8.12. The Morgan fingerprint density at radius 3 is 2.47 bits per heavy atom. The van der Waals surface area contributed by atoms with E-state index in [4.69, 9.17) is 11.6 Å². The fraction of sp³-hybridized carbons (Fsp3) is 0.500. The monoisotopic (exact) mass is 273 g/mol. The van der Waals surface area contributed by atoms with Gasteiger partial charge in [-0.2, -0.15) is 0 Å². The molecule has 0 atom stereocenters. The smallest absolute Gasteiger partial charge is 0.212 e. The van der Waals surface area contributed by atoms with Crippen molar-refractivity contribution in [2.75, 3.05) is 13.1 Å². The Balaban J connectivity index is 2.13. The van der Waals surface area contributed by atoms with E-state index in [1.807, 2.05) is 24.3 Å². The van der Waals surface area contributed by atoms with Gasteiger partial charge in [-0.1, -0.05) is 24.3 Å². The molecule has 0 radical (unpaired) electrons. The van der Waals surface area contributed by atoms with Gasteiger partial charge in [0.1, 0.15) is 0 Å². The van der Waals surface area contributed by atoms with Crippen molar-refractivity contribution in [2.24, 2.45) is 0 Å². The number of benzene rings is 1. The molecule has 0 aliphatic carbocycles. The number of nitrogens with zero attached hydrogens (tertiary/aromatic N) is 1. The maximum absolute atomic E-state index is 12.1. The van der Waals surface area contributed by atoms with E-state index >= 15 is 0 Å². The summed E-state index contributed by atoms with van der Waals surface area (Å²) < 4.78 is 25.8. The summed E-state index contributed by atoms with van der Waals surface area (Å²) in [7, 11) is -3.15. The van der Waals surface area contributed by atoms with Gasteiger partial charge >= 0.3 is 0 Å². The van der Waals surface area contributed by atoms with Crippen LogP contribution in [0.25, 0.3) is 0 Å². The number of hydrogen-bond acceptors (Lipinski definition) is 2. The van der Waals surface area contributed by atoms with Gasteiger partial charge < -0.3 is 0 Å². The maximum Gasteiger partial charge on any atom is 0.218 e. The molecule has 0 amide bonds. The van der Waals surface area contributed by atoms with Gasteiger partial charge in [0, 0.05) is 19.0 Å². The molecule has 0 saturated carbocycles. The number of halogens is 1. The molecule has 1 aromatic rings. The van der Waals surface area contributed by atoms with Crippen LogP contribution in [-0.4, -0.2) is 25.8 Å². The summed E-state index contributed by atoms with van der Waals surface area (Å²) in [6.07, 6.45) is 1.95. The van der Waals surface area contributed by atoms with Gasteiger partial charge in [-0.05, 0) is 24.0 Å². The van der Waals surface area contributed by atoms with Crippen LogP contribution in [-0.2, 0) is 21.7 Å². The van der Waals surface area contributed by atoms with Crippen molar-refractivity contribution < 1.29 is 8.42 Å². The minimum absolute atomic E-state index is 0.0811. The predicted molar refractivity (Wildman–Crippen MR) is 69.4 cm³/mol. The second kappa shape index (κ2) is 5.38. The fourth-order valence-corrected chi connectivity index (χ4v) is 3.83. The summed E-state index contributed by atoms with van der Waals surface area (Å²) in [5.41, 5.74) is 1.77. The van der Waals surface area contributed by atoms with Crippen LogP contribution in [0.2, 0.25) is 0 Å². The standard InChI is InChI=1S/C12H16ClNO2S/c13-9-11-4-3-5-12(8-11)10-17(15,16)14-6-1-2-7-14/h3-5,8H,1-2,6-7,9-10H2. The molecular formula is C12H16ClNO2S. The van der Waals surface area contributed by atoms with Crippen LogP contribution in [0.4, 0.5) is 0 Å². The third-order valence-corrected chi connectivity index (χ3v) is 5.11. The highest BCUT2D eigenvalue weighted by atomic mass is 35.5. The Hall–Kier alpha value is -0.580. The third kappa shape index (κ3) is 3.21. The molecule has 0 spiro atoms. The Labute approximate surface area is 107 Å². The zero-order chi connectivity index (χ0) is 12.3. The van der Waals surface area contributed by atoms with Crippen molar-refractivity contribution in [2.45, 2.75) is 24.5 Å². The lowest BCUT2D eigenvalue weighted by Gasteiger charge is -2.15. The Kier molecular flexibility index (Phi) is 4.07. The highest BCUT2D eigenvalue weighted by molar-refractivity contribution is 7.88. The maximum atomic E-state index is 12.1. The number of hydrogen-bond donors (Lipinski definition) is 0. The molecule has 17 heavy (non-hydrogen) atoms. The average molecular weight is 274 g/mol. The van der Waals surface area contributed by atoms with Crippen molar-refractivity contribution in [3.05, 3.63) is 35.4 Å². The van der Waals surface area contributed by atoms with E-state index < -0.39 is 10.0 Å². The zero-order valence-electron chi connectivity index (χ0n) is 9.60. The average Bonchev–Trinajstić information content (AvgIpc) is 2.83. The predicted octanol–water partition coefficient (Wildman–Crippen LogP) is 2.35. The highest BCUT2D eigenvalue weighted by Gasteiger charge is 2.25. The van der Waals surface area contributed by atoms with Gasteiger partial charge in [0.2, 0.25) is 10.0 Å². The number of alkyl halides is 1. The lowest BCUT2D eigenvalue weighted by atomic mass is 10.2. The Bertz CT molecular complexity index is 481. The Morgan fingerprint density at radius 2 is 1.82 bits per heavy atom. The van der Waals surface area contributed by atoms with Gasteiger partial charge in [0.25, 0.3) is 0 Å². The largest absolute Gasteiger partial charge is 0.218 e. The van der Waals surface area contributed by atoms with E-state index in [1.54, 1.807) is 4.31 Å². The molecular weight excluding hydrogens is 258 g/mol. The minimum Gasteiger partial charge on any atom is -0.212 e. The summed E-state index contributed by atoms with van der Waals surface area (Å²) >= 11 is 5.74. The van der Waals surface area contributed by atoms with Gasteiger partial charge in [-0.3, -0.25) is 0 Å². The normalized spacial score (nSPS) is 17.5. The van der Waals surface area contributed by atoms with E-state index in [0.717, 1.165) is 24.0 Å². The second-order valence-electron chi connectivity index (χ2n) is 4.32. The second-order valence-corrected chi connectivity index (χ2v) is 6.55. The lowest BCUT2D eigenvalue weighted by Crippen LogP contribution is -2.29. The quantitative estimate of drug-likeness (QED) is 0.790. The molecule has 0 unspecified atom stereocenters. The van der Waals surface area contributed by atoms with Gasteiger partial charge in [0.05, 0.1) is 5.75 Å². The molecule has 0 bridgehead atoms.